The molecule has 0 aliphatic carbocycles. The van der Waals surface area contributed by atoms with E-state index in [1.54, 1.807) is 30.3 Å². The van der Waals surface area contributed by atoms with Crippen molar-refractivity contribution in [2.24, 2.45) is 0 Å². The SMILES string of the molecule is Cc1c(OC(F)(F)F)c([C@@H]2CCCN2C)cc(OCc2ccccc2)c1C(=O)Oc1ccccc1. The molecule has 0 aromatic heterocycles. The zero-order valence-electron chi connectivity index (χ0n) is 19.5. The van der Waals surface area contributed by atoms with Crippen molar-refractivity contribution in [2.45, 2.75) is 38.8 Å². The fraction of sp³-hybridized carbons (Fsp3) is 0.296. The molecule has 184 valence electrons. The van der Waals surface area contributed by atoms with Crippen molar-refractivity contribution in [3.8, 4) is 17.2 Å². The van der Waals surface area contributed by atoms with Gasteiger partial charge in [-0.05, 0) is 57.1 Å². The molecule has 35 heavy (non-hydrogen) atoms. The van der Waals surface area contributed by atoms with E-state index < -0.39 is 12.3 Å². The van der Waals surface area contributed by atoms with Crippen LogP contribution in [0.4, 0.5) is 13.2 Å². The molecule has 0 bridgehead atoms. The van der Waals surface area contributed by atoms with E-state index in [1.165, 1.54) is 13.0 Å². The van der Waals surface area contributed by atoms with Gasteiger partial charge in [0.25, 0.3) is 0 Å². The molecule has 3 aromatic rings. The highest BCUT2D eigenvalue weighted by atomic mass is 19.4. The van der Waals surface area contributed by atoms with Gasteiger partial charge in [-0.1, -0.05) is 48.5 Å². The molecule has 0 radical (unpaired) electrons. The molecule has 8 heteroatoms. The van der Waals surface area contributed by atoms with Crippen molar-refractivity contribution < 1.29 is 32.2 Å². The van der Waals surface area contributed by atoms with Gasteiger partial charge in [-0.3, -0.25) is 4.90 Å². The number of hydrogen-bond acceptors (Lipinski definition) is 5. The molecule has 0 spiro atoms. The first kappa shape index (κ1) is 24.6. The Morgan fingerprint density at radius 2 is 1.71 bits per heavy atom. The lowest BCUT2D eigenvalue weighted by atomic mass is 9.96. The second-order valence-corrected chi connectivity index (χ2v) is 8.46. The summed E-state index contributed by atoms with van der Waals surface area (Å²) in [7, 11) is 1.85. The standard InChI is InChI=1S/C27H26F3NO4/c1-18-24(26(32)34-20-12-7-4-8-13-20)23(33-17-19-10-5-3-6-11-19)16-21(22-14-9-15-31(22)2)25(18)35-27(28,29)30/h3-8,10-13,16,22H,9,14-15,17H2,1-2H3/t22-/m0/s1. The molecule has 0 amide bonds. The fourth-order valence-electron chi connectivity index (χ4n) is 4.35. The molecule has 1 fully saturated rings. The Morgan fingerprint density at radius 3 is 2.31 bits per heavy atom. The Bertz CT molecular complexity index is 1170. The van der Waals surface area contributed by atoms with E-state index in [9.17, 15) is 18.0 Å². The van der Waals surface area contributed by atoms with Gasteiger partial charge in [0.15, 0.2) is 0 Å². The lowest BCUT2D eigenvalue weighted by molar-refractivity contribution is -0.275. The molecule has 1 saturated heterocycles. The number of nitrogens with zero attached hydrogens (tertiary/aromatic N) is 1. The van der Waals surface area contributed by atoms with Crippen LogP contribution in [0.15, 0.2) is 66.7 Å². The molecule has 1 aliphatic heterocycles. The monoisotopic (exact) mass is 485 g/mol. The molecule has 5 nitrogen and oxygen atoms in total. The third kappa shape index (κ3) is 5.95. The van der Waals surface area contributed by atoms with E-state index in [2.05, 4.69) is 4.74 Å². The van der Waals surface area contributed by atoms with Crippen LogP contribution in [-0.4, -0.2) is 30.8 Å². The number of ether oxygens (including phenoxy) is 3. The number of carbonyl (C=O) groups excluding carboxylic acids is 1. The average molecular weight is 486 g/mol. The summed E-state index contributed by atoms with van der Waals surface area (Å²) >= 11 is 0. The summed E-state index contributed by atoms with van der Waals surface area (Å²) in [5.41, 5.74) is 1.10. The third-order valence-corrected chi connectivity index (χ3v) is 6.00. The second kappa shape index (κ2) is 10.4. The van der Waals surface area contributed by atoms with Crippen LogP contribution in [0.3, 0.4) is 0 Å². The second-order valence-electron chi connectivity index (χ2n) is 8.46. The van der Waals surface area contributed by atoms with E-state index in [0.29, 0.717) is 12.0 Å². The van der Waals surface area contributed by atoms with E-state index in [4.69, 9.17) is 9.47 Å². The van der Waals surface area contributed by atoms with Gasteiger partial charge >= 0.3 is 12.3 Å². The maximum absolute atomic E-state index is 13.5. The van der Waals surface area contributed by atoms with Crippen LogP contribution in [0, 0.1) is 6.92 Å². The zero-order valence-corrected chi connectivity index (χ0v) is 19.5. The summed E-state index contributed by atoms with van der Waals surface area (Å²) < 4.78 is 56.4. The smallest absolute Gasteiger partial charge is 0.488 e. The van der Waals surface area contributed by atoms with Crippen molar-refractivity contribution in [3.05, 3.63) is 89.0 Å². The Kier molecular flexibility index (Phi) is 7.31. The molecular formula is C27H26F3NO4. The van der Waals surface area contributed by atoms with Gasteiger partial charge in [-0.15, -0.1) is 13.2 Å². The van der Waals surface area contributed by atoms with Gasteiger partial charge in [-0.2, -0.15) is 0 Å². The normalized spacial score (nSPS) is 16.2. The quantitative estimate of drug-likeness (QED) is 0.284. The number of halogens is 3. The van der Waals surface area contributed by atoms with Crippen LogP contribution < -0.4 is 14.2 Å². The minimum atomic E-state index is -4.93. The highest BCUT2D eigenvalue weighted by Crippen LogP contribution is 2.44. The minimum absolute atomic E-state index is 0.0177. The number of esters is 1. The minimum Gasteiger partial charge on any atom is -0.488 e. The number of hydrogen-bond donors (Lipinski definition) is 0. The predicted molar refractivity (Wildman–Crippen MR) is 125 cm³/mol. The largest absolute Gasteiger partial charge is 0.573 e. The predicted octanol–water partition coefficient (Wildman–Crippen LogP) is 6.46. The maximum atomic E-state index is 13.5. The molecule has 0 unspecified atom stereocenters. The molecule has 0 saturated carbocycles. The highest BCUT2D eigenvalue weighted by molar-refractivity contribution is 5.96. The molecular weight excluding hydrogens is 459 g/mol. The van der Waals surface area contributed by atoms with Crippen molar-refractivity contribution >= 4 is 5.97 Å². The van der Waals surface area contributed by atoms with Gasteiger partial charge in [0.05, 0.1) is 0 Å². The third-order valence-electron chi connectivity index (χ3n) is 6.00. The Labute approximate surface area is 202 Å². The molecule has 1 atom stereocenters. The Balaban J connectivity index is 1.81. The van der Waals surface area contributed by atoms with Crippen LogP contribution in [0.2, 0.25) is 0 Å². The molecule has 1 aliphatic rings. The number of para-hydroxylation sites is 1. The van der Waals surface area contributed by atoms with Crippen LogP contribution in [0.5, 0.6) is 17.2 Å². The van der Waals surface area contributed by atoms with Gasteiger partial charge in [0.2, 0.25) is 0 Å². The van der Waals surface area contributed by atoms with E-state index in [1.807, 2.05) is 42.3 Å². The highest BCUT2D eigenvalue weighted by Gasteiger charge is 2.38. The first-order valence-corrected chi connectivity index (χ1v) is 11.3. The summed E-state index contributed by atoms with van der Waals surface area (Å²) in [5, 5.41) is 0. The number of rotatable bonds is 7. The van der Waals surface area contributed by atoms with Crippen molar-refractivity contribution in [1.82, 2.24) is 4.90 Å². The Hall–Kier alpha value is -3.52. The van der Waals surface area contributed by atoms with Crippen molar-refractivity contribution in [3.63, 3.8) is 0 Å². The lowest BCUT2D eigenvalue weighted by Gasteiger charge is -2.26. The number of benzene rings is 3. The number of carbonyl (C=O) groups is 1. The van der Waals surface area contributed by atoms with Crippen molar-refractivity contribution in [1.29, 1.82) is 0 Å². The van der Waals surface area contributed by atoms with Gasteiger partial charge < -0.3 is 14.2 Å². The van der Waals surface area contributed by atoms with E-state index in [-0.39, 0.29) is 41.0 Å². The van der Waals surface area contributed by atoms with E-state index in [0.717, 1.165) is 18.5 Å². The maximum Gasteiger partial charge on any atom is 0.573 e. The Morgan fingerprint density at radius 1 is 1.06 bits per heavy atom. The molecule has 1 heterocycles. The van der Waals surface area contributed by atoms with Crippen molar-refractivity contribution in [2.75, 3.05) is 13.6 Å². The lowest BCUT2D eigenvalue weighted by Crippen LogP contribution is -2.24. The summed E-state index contributed by atoms with van der Waals surface area (Å²) in [5.74, 6) is -0.792. The first-order chi connectivity index (χ1) is 16.7. The van der Waals surface area contributed by atoms with Gasteiger partial charge in [-0.25, -0.2) is 4.79 Å². The summed E-state index contributed by atoms with van der Waals surface area (Å²) in [6, 6.07) is 18.8. The van der Waals surface area contributed by atoms with E-state index >= 15 is 0 Å². The summed E-state index contributed by atoms with van der Waals surface area (Å²) in [6.07, 6.45) is -3.43. The zero-order chi connectivity index (χ0) is 25.0. The van der Waals surface area contributed by atoms with Crippen LogP contribution in [0.25, 0.3) is 0 Å². The van der Waals surface area contributed by atoms with Crippen LogP contribution in [-0.2, 0) is 6.61 Å². The summed E-state index contributed by atoms with van der Waals surface area (Å²) in [6.45, 7) is 2.30. The average Bonchev–Trinajstić information content (AvgIpc) is 3.25. The number of likely N-dealkylation sites (tertiary alicyclic amines) is 1. The summed E-state index contributed by atoms with van der Waals surface area (Å²) in [4.78, 5) is 15.2. The van der Waals surface area contributed by atoms with Crippen LogP contribution >= 0.6 is 0 Å². The molecule has 4 rings (SSSR count). The fourth-order valence-corrected chi connectivity index (χ4v) is 4.35. The van der Waals surface area contributed by atoms with Gasteiger partial charge in [0.1, 0.15) is 29.4 Å². The molecule has 0 N–H and O–H groups in total. The number of alkyl halides is 3. The van der Waals surface area contributed by atoms with Gasteiger partial charge in [0, 0.05) is 17.2 Å². The van der Waals surface area contributed by atoms with Crippen LogP contribution in [0.1, 0.15) is 45.9 Å². The first-order valence-electron chi connectivity index (χ1n) is 11.3. The topological polar surface area (TPSA) is 48.0 Å². The molecule has 3 aromatic carbocycles.